The van der Waals surface area contributed by atoms with Crippen LogP contribution in [-0.4, -0.2) is 23.7 Å². The first-order chi connectivity index (χ1) is 9.44. The molecule has 1 heterocycles. The molecular formula is C12H14ClN3O3S. The second kappa shape index (κ2) is 5.92. The standard InChI is InChI=1S/C12H14ClN3O3S/c1-8-10(5-14-16-8)6-15-20(18,19)11-2-3-12(13)9(4-11)7-17/h2-5,15,17H,6-7H2,1H3,(H,14,16). The van der Waals surface area contributed by atoms with Crippen molar-refractivity contribution in [3.8, 4) is 0 Å². The molecule has 2 rings (SSSR count). The van der Waals surface area contributed by atoms with E-state index in [4.69, 9.17) is 16.7 Å². The SMILES string of the molecule is Cc1[nH]ncc1CNS(=O)(=O)c1ccc(Cl)c(CO)c1. The number of aliphatic hydroxyl groups excluding tert-OH is 1. The number of hydrogen-bond acceptors (Lipinski definition) is 4. The van der Waals surface area contributed by atoms with Crippen molar-refractivity contribution < 1.29 is 13.5 Å². The minimum Gasteiger partial charge on any atom is -0.392 e. The number of H-pyrrole nitrogens is 1. The number of nitrogens with one attached hydrogen (secondary N) is 2. The normalized spacial score (nSPS) is 11.8. The lowest BCUT2D eigenvalue weighted by atomic mass is 10.2. The Kier molecular flexibility index (Phi) is 4.44. The van der Waals surface area contributed by atoms with Crippen LogP contribution in [0.4, 0.5) is 0 Å². The lowest BCUT2D eigenvalue weighted by Gasteiger charge is -2.08. The molecule has 6 nitrogen and oxygen atoms in total. The van der Waals surface area contributed by atoms with Crippen molar-refractivity contribution in [2.45, 2.75) is 25.0 Å². The van der Waals surface area contributed by atoms with Gasteiger partial charge < -0.3 is 5.11 Å². The summed E-state index contributed by atoms with van der Waals surface area (Å²) in [6.07, 6.45) is 1.57. The van der Waals surface area contributed by atoms with Gasteiger partial charge in [-0.2, -0.15) is 5.10 Å². The Bertz CT molecular complexity index is 712. The molecule has 1 aromatic carbocycles. The minimum atomic E-state index is -3.66. The molecule has 0 atom stereocenters. The van der Waals surface area contributed by atoms with Crippen LogP contribution in [0.5, 0.6) is 0 Å². The summed E-state index contributed by atoms with van der Waals surface area (Å²) in [7, 11) is -3.66. The number of aromatic nitrogens is 2. The van der Waals surface area contributed by atoms with E-state index >= 15 is 0 Å². The highest BCUT2D eigenvalue weighted by Crippen LogP contribution is 2.20. The number of nitrogens with zero attached hydrogens (tertiary/aromatic N) is 1. The van der Waals surface area contributed by atoms with E-state index in [0.717, 1.165) is 11.3 Å². The molecule has 0 unspecified atom stereocenters. The summed E-state index contributed by atoms with van der Waals surface area (Å²) in [6.45, 7) is 1.63. The van der Waals surface area contributed by atoms with Crippen molar-refractivity contribution in [3.05, 3.63) is 46.2 Å². The van der Waals surface area contributed by atoms with Gasteiger partial charge >= 0.3 is 0 Å². The zero-order chi connectivity index (χ0) is 14.8. The van der Waals surface area contributed by atoms with Crippen LogP contribution in [0.15, 0.2) is 29.3 Å². The molecule has 0 amide bonds. The van der Waals surface area contributed by atoms with Gasteiger partial charge in [-0.05, 0) is 30.7 Å². The molecule has 0 aliphatic rings. The summed E-state index contributed by atoms with van der Waals surface area (Å²) in [5.74, 6) is 0. The number of aromatic amines is 1. The van der Waals surface area contributed by atoms with E-state index in [1.165, 1.54) is 18.2 Å². The molecule has 0 aliphatic heterocycles. The minimum absolute atomic E-state index is 0.0621. The summed E-state index contributed by atoms with van der Waals surface area (Å²) in [4.78, 5) is 0.0621. The number of halogens is 1. The van der Waals surface area contributed by atoms with E-state index in [0.29, 0.717) is 10.6 Å². The van der Waals surface area contributed by atoms with Crippen LogP contribution >= 0.6 is 11.6 Å². The lowest BCUT2D eigenvalue weighted by molar-refractivity contribution is 0.281. The number of aliphatic hydroxyl groups is 1. The van der Waals surface area contributed by atoms with E-state index in [2.05, 4.69) is 14.9 Å². The average Bonchev–Trinajstić information content (AvgIpc) is 2.82. The van der Waals surface area contributed by atoms with E-state index in [9.17, 15) is 8.42 Å². The monoisotopic (exact) mass is 315 g/mol. The Balaban J connectivity index is 2.20. The Morgan fingerprint density at radius 3 is 2.75 bits per heavy atom. The highest BCUT2D eigenvalue weighted by atomic mass is 35.5. The summed E-state index contributed by atoms with van der Waals surface area (Å²) in [5, 5.41) is 16.0. The molecule has 108 valence electrons. The molecule has 0 spiro atoms. The van der Waals surface area contributed by atoms with Crippen LogP contribution in [-0.2, 0) is 23.2 Å². The fraction of sp³-hybridized carbons (Fsp3) is 0.250. The highest BCUT2D eigenvalue weighted by molar-refractivity contribution is 7.89. The predicted octanol–water partition coefficient (Wildman–Crippen LogP) is 1.34. The molecule has 0 aliphatic carbocycles. The highest BCUT2D eigenvalue weighted by Gasteiger charge is 2.16. The van der Waals surface area contributed by atoms with Gasteiger partial charge in [0, 0.05) is 22.8 Å². The molecule has 0 saturated heterocycles. The predicted molar refractivity (Wildman–Crippen MR) is 74.7 cm³/mol. The smallest absolute Gasteiger partial charge is 0.240 e. The molecule has 0 radical (unpaired) electrons. The molecule has 20 heavy (non-hydrogen) atoms. The van der Waals surface area contributed by atoms with Crippen molar-refractivity contribution in [1.82, 2.24) is 14.9 Å². The van der Waals surface area contributed by atoms with Crippen LogP contribution in [0.2, 0.25) is 5.02 Å². The van der Waals surface area contributed by atoms with E-state index < -0.39 is 10.0 Å². The zero-order valence-corrected chi connectivity index (χ0v) is 12.3. The first-order valence-electron chi connectivity index (χ1n) is 5.82. The molecular weight excluding hydrogens is 302 g/mol. The second-order valence-corrected chi connectivity index (χ2v) is 6.43. The summed E-state index contributed by atoms with van der Waals surface area (Å²) < 4.78 is 26.8. The second-order valence-electron chi connectivity index (χ2n) is 4.26. The van der Waals surface area contributed by atoms with Gasteiger partial charge in [-0.1, -0.05) is 11.6 Å². The van der Waals surface area contributed by atoms with E-state index in [1.54, 1.807) is 6.20 Å². The molecule has 1 aromatic heterocycles. The van der Waals surface area contributed by atoms with Gasteiger partial charge in [-0.15, -0.1) is 0 Å². The average molecular weight is 316 g/mol. The van der Waals surface area contributed by atoms with Crippen molar-refractivity contribution in [2.24, 2.45) is 0 Å². The third-order valence-electron chi connectivity index (χ3n) is 2.88. The first kappa shape index (κ1) is 15.0. The maximum absolute atomic E-state index is 12.2. The maximum atomic E-state index is 12.2. The van der Waals surface area contributed by atoms with Crippen molar-refractivity contribution >= 4 is 21.6 Å². The Hall–Kier alpha value is -1.41. The quantitative estimate of drug-likeness (QED) is 0.776. The largest absolute Gasteiger partial charge is 0.392 e. The topological polar surface area (TPSA) is 95.1 Å². The van der Waals surface area contributed by atoms with Crippen LogP contribution < -0.4 is 4.72 Å². The molecule has 0 saturated carbocycles. The molecule has 3 N–H and O–H groups in total. The van der Waals surface area contributed by atoms with Crippen molar-refractivity contribution in [1.29, 1.82) is 0 Å². The number of hydrogen-bond donors (Lipinski definition) is 3. The lowest BCUT2D eigenvalue weighted by Crippen LogP contribution is -2.23. The molecule has 8 heteroatoms. The third kappa shape index (κ3) is 3.18. The molecule has 0 fully saturated rings. The zero-order valence-electron chi connectivity index (χ0n) is 10.7. The van der Waals surface area contributed by atoms with E-state index in [-0.39, 0.29) is 18.0 Å². The van der Waals surface area contributed by atoms with Gasteiger partial charge in [0.15, 0.2) is 0 Å². The van der Waals surface area contributed by atoms with Crippen molar-refractivity contribution in [2.75, 3.05) is 0 Å². The number of aryl methyl sites for hydroxylation is 1. The van der Waals surface area contributed by atoms with Gasteiger partial charge in [-0.25, -0.2) is 13.1 Å². The number of benzene rings is 1. The Labute approximate surface area is 121 Å². The first-order valence-corrected chi connectivity index (χ1v) is 7.68. The van der Waals surface area contributed by atoms with Gasteiger partial charge in [0.1, 0.15) is 0 Å². The summed E-state index contributed by atoms with van der Waals surface area (Å²) >= 11 is 5.84. The van der Waals surface area contributed by atoms with Gasteiger partial charge in [0.2, 0.25) is 10.0 Å². The van der Waals surface area contributed by atoms with Gasteiger partial charge in [0.25, 0.3) is 0 Å². The fourth-order valence-electron chi connectivity index (χ4n) is 1.65. The van der Waals surface area contributed by atoms with Gasteiger partial charge in [0.05, 0.1) is 17.7 Å². The Morgan fingerprint density at radius 2 is 2.15 bits per heavy atom. The van der Waals surface area contributed by atoms with Crippen LogP contribution in [0.25, 0.3) is 0 Å². The van der Waals surface area contributed by atoms with Crippen LogP contribution in [0.1, 0.15) is 16.8 Å². The van der Waals surface area contributed by atoms with Crippen LogP contribution in [0, 0.1) is 6.92 Å². The third-order valence-corrected chi connectivity index (χ3v) is 4.65. The van der Waals surface area contributed by atoms with Crippen LogP contribution in [0.3, 0.4) is 0 Å². The molecule has 2 aromatic rings. The number of sulfonamides is 1. The maximum Gasteiger partial charge on any atom is 0.240 e. The summed E-state index contributed by atoms with van der Waals surface area (Å²) in [6, 6.07) is 4.20. The number of rotatable bonds is 5. The summed E-state index contributed by atoms with van der Waals surface area (Å²) in [5.41, 5.74) is 1.94. The van der Waals surface area contributed by atoms with Gasteiger partial charge in [-0.3, -0.25) is 5.10 Å². The molecule has 0 bridgehead atoms. The van der Waals surface area contributed by atoms with E-state index in [1.807, 2.05) is 6.92 Å². The Morgan fingerprint density at radius 1 is 1.40 bits per heavy atom. The van der Waals surface area contributed by atoms with Crippen molar-refractivity contribution in [3.63, 3.8) is 0 Å². The fourth-order valence-corrected chi connectivity index (χ4v) is 2.88.